The standard InChI is InChI=1S/C25H22N4/c1-17-27-15-13-21(29-17)25-22(18-8-4-2-5-9-18)24(20-12-14-26-16-28-20)23(25)19-10-6-3-7-11-19/h2-16,22-25H,1H3/t22-,23-,24?,25?/m0/s1. The Kier molecular flexibility index (Phi) is 4.60. The molecule has 4 heteroatoms. The predicted octanol–water partition coefficient (Wildman–Crippen LogP) is 5.02. The molecule has 29 heavy (non-hydrogen) atoms. The lowest BCUT2D eigenvalue weighted by atomic mass is 9.50. The second kappa shape index (κ2) is 7.55. The molecule has 1 fully saturated rings. The predicted molar refractivity (Wildman–Crippen MR) is 113 cm³/mol. The summed E-state index contributed by atoms with van der Waals surface area (Å²) in [4.78, 5) is 17.9. The van der Waals surface area contributed by atoms with Crippen LogP contribution in [0.3, 0.4) is 0 Å². The van der Waals surface area contributed by atoms with E-state index in [4.69, 9.17) is 4.98 Å². The van der Waals surface area contributed by atoms with E-state index in [1.165, 1.54) is 11.1 Å². The molecule has 142 valence electrons. The van der Waals surface area contributed by atoms with Crippen LogP contribution in [0.15, 0.2) is 91.5 Å². The first kappa shape index (κ1) is 17.7. The third-order valence-electron chi connectivity index (χ3n) is 6.00. The zero-order valence-electron chi connectivity index (χ0n) is 16.3. The van der Waals surface area contributed by atoms with Crippen LogP contribution in [-0.2, 0) is 0 Å². The molecule has 1 aliphatic rings. The van der Waals surface area contributed by atoms with Gasteiger partial charge in [0.15, 0.2) is 0 Å². The molecule has 4 aromatic rings. The molecule has 0 amide bonds. The lowest BCUT2D eigenvalue weighted by Crippen LogP contribution is -2.41. The van der Waals surface area contributed by atoms with Crippen molar-refractivity contribution in [3.63, 3.8) is 0 Å². The minimum atomic E-state index is 0.265. The molecule has 1 saturated carbocycles. The first-order valence-corrected chi connectivity index (χ1v) is 9.98. The summed E-state index contributed by atoms with van der Waals surface area (Å²) < 4.78 is 0. The highest BCUT2D eigenvalue weighted by Crippen LogP contribution is 2.65. The maximum absolute atomic E-state index is 4.83. The molecule has 2 aromatic heterocycles. The molecular weight excluding hydrogens is 356 g/mol. The number of nitrogens with zero attached hydrogens (tertiary/aromatic N) is 4. The highest BCUT2D eigenvalue weighted by atomic mass is 14.9. The summed E-state index contributed by atoms with van der Waals surface area (Å²) in [6.45, 7) is 1.96. The van der Waals surface area contributed by atoms with Crippen LogP contribution >= 0.6 is 0 Å². The highest BCUT2D eigenvalue weighted by Gasteiger charge is 2.54. The molecule has 2 aromatic carbocycles. The van der Waals surface area contributed by atoms with Gasteiger partial charge in [-0.05, 0) is 30.2 Å². The van der Waals surface area contributed by atoms with Gasteiger partial charge in [-0.2, -0.15) is 0 Å². The lowest BCUT2D eigenvalue weighted by Gasteiger charge is -2.52. The second-order valence-electron chi connectivity index (χ2n) is 7.59. The summed E-state index contributed by atoms with van der Waals surface area (Å²) in [5.74, 6) is 1.94. The largest absolute Gasteiger partial charge is 0.245 e. The fourth-order valence-electron chi connectivity index (χ4n) is 4.82. The van der Waals surface area contributed by atoms with Crippen molar-refractivity contribution >= 4 is 0 Å². The van der Waals surface area contributed by atoms with Crippen molar-refractivity contribution in [2.75, 3.05) is 0 Å². The monoisotopic (exact) mass is 378 g/mol. The number of benzene rings is 2. The molecule has 4 nitrogen and oxygen atoms in total. The molecule has 5 rings (SSSR count). The Hall–Kier alpha value is -3.40. The summed E-state index contributed by atoms with van der Waals surface area (Å²) in [5, 5.41) is 0. The van der Waals surface area contributed by atoms with Crippen LogP contribution in [0.4, 0.5) is 0 Å². The summed E-state index contributed by atoms with van der Waals surface area (Å²) in [5.41, 5.74) is 4.84. The normalized spacial score (nSPS) is 23.3. The Labute approximate surface area is 170 Å². The van der Waals surface area contributed by atoms with Gasteiger partial charge in [0.05, 0.1) is 0 Å². The zero-order chi connectivity index (χ0) is 19.6. The lowest BCUT2D eigenvalue weighted by molar-refractivity contribution is 0.219. The second-order valence-corrected chi connectivity index (χ2v) is 7.59. The van der Waals surface area contributed by atoms with E-state index in [0.717, 1.165) is 17.2 Å². The van der Waals surface area contributed by atoms with Crippen molar-refractivity contribution in [1.29, 1.82) is 0 Å². The van der Waals surface area contributed by atoms with E-state index in [2.05, 4.69) is 87.7 Å². The first-order valence-electron chi connectivity index (χ1n) is 9.98. The SMILES string of the molecule is Cc1nccc(C2[C@@H](c3ccccc3)C(c3ccncn3)[C@@H]2c2ccccc2)n1. The molecule has 0 unspecified atom stereocenters. The molecule has 2 heterocycles. The van der Waals surface area contributed by atoms with E-state index in [0.29, 0.717) is 11.8 Å². The molecule has 0 saturated heterocycles. The summed E-state index contributed by atoms with van der Waals surface area (Å²) in [6, 6.07) is 25.6. The van der Waals surface area contributed by atoms with Crippen molar-refractivity contribution in [3.8, 4) is 0 Å². The minimum Gasteiger partial charge on any atom is -0.245 e. The molecule has 0 bridgehead atoms. The van der Waals surface area contributed by atoms with Crippen LogP contribution in [-0.4, -0.2) is 19.9 Å². The zero-order valence-corrected chi connectivity index (χ0v) is 16.3. The van der Waals surface area contributed by atoms with E-state index >= 15 is 0 Å². The van der Waals surface area contributed by atoms with E-state index in [9.17, 15) is 0 Å². The smallest absolute Gasteiger partial charge is 0.125 e. The summed E-state index contributed by atoms with van der Waals surface area (Å²) in [6.07, 6.45) is 5.37. The number of hydrogen-bond donors (Lipinski definition) is 0. The number of aromatic nitrogens is 4. The maximum atomic E-state index is 4.83. The van der Waals surface area contributed by atoms with Crippen molar-refractivity contribution < 1.29 is 0 Å². The Balaban J connectivity index is 1.68. The Morgan fingerprint density at radius 3 is 1.72 bits per heavy atom. The average molecular weight is 378 g/mol. The third kappa shape index (κ3) is 3.21. The molecule has 0 radical (unpaired) electrons. The van der Waals surface area contributed by atoms with Gasteiger partial charge in [0, 0.05) is 47.5 Å². The van der Waals surface area contributed by atoms with Crippen LogP contribution in [0.1, 0.15) is 52.0 Å². The van der Waals surface area contributed by atoms with Gasteiger partial charge in [-0.3, -0.25) is 0 Å². The molecule has 0 aliphatic heterocycles. The van der Waals surface area contributed by atoms with Gasteiger partial charge in [-0.25, -0.2) is 19.9 Å². The minimum absolute atomic E-state index is 0.265. The van der Waals surface area contributed by atoms with Gasteiger partial charge in [0.2, 0.25) is 0 Å². The van der Waals surface area contributed by atoms with Gasteiger partial charge < -0.3 is 0 Å². The summed E-state index contributed by atoms with van der Waals surface area (Å²) in [7, 11) is 0. The van der Waals surface area contributed by atoms with Crippen molar-refractivity contribution in [1.82, 2.24) is 19.9 Å². The van der Waals surface area contributed by atoms with Crippen molar-refractivity contribution in [2.45, 2.75) is 30.6 Å². The molecular formula is C25H22N4. The molecule has 2 atom stereocenters. The Morgan fingerprint density at radius 2 is 1.17 bits per heavy atom. The van der Waals surface area contributed by atoms with Crippen LogP contribution in [0.25, 0.3) is 0 Å². The van der Waals surface area contributed by atoms with Gasteiger partial charge in [0.25, 0.3) is 0 Å². The molecule has 1 aliphatic carbocycles. The number of aryl methyl sites for hydroxylation is 1. The van der Waals surface area contributed by atoms with Gasteiger partial charge >= 0.3 is 0 Å². The van der Waals surface area contributed by atoms with E-state index in [1.807, 2.05) is 19.3 Å². The van der Waals surface area contributed by atoms with Crippen LogP contribution in [0.5, 0.6) is 0 Å². The number of rotatable bonds is 4. The fourth-order valence-corrected chi connectivity index (χ4v) is 4.82. The van der Waals surface area contributed by atoms with E-state index < -0.39 is 0 Å². The van der Waals surface area contributed by atoms with Crippen LogP contribution < -0.4 is 0 Å². The Bertz CT molecular complexity index is 1040. The van der Waals surface area contributed by atoms with Gasteiger partial charge in [-0.15, -0.1) is 0 Å². The highest BCUT2D eigenvalue weighted by molar-refractivity contribution is 5.45. The van der Waals surface area contributed by atoms with Crippen molar-refractivity contribution in [2.24, 2.45) is 0 Å². The quantitative estimate of drug-likeness (QED) is 0.500. The van der Waals surface area contributed by atoms with Gasteiger partial charge in [0.1, 0.15) is 12.2 Å². The van der Waals surface area contributed by atoms with E-state index in [-0.39, 0.29) is 11.8 Å². The van der Waals surface area contributed by atoms with Crippen LogP contribution in [0.2, 0.25) is 0 Å². The number of hydrogen-bond acceptors (Lipinski definition) is 4. The topological polar surface area (TPSA) is 51.6 Å². The molecule has 0 N–H and O–H groups in total. The summed E-state index contributed by atoms with van der Waals surface area (Å²) >= 11 is 0. The average Bonchev–Trinajstić information content (AvgIpc) is 2.75. The van der Waals surface area contributed by atoms with Crippen LogP contribution in [0, 0.1) is 6.92 Å². The third-order valence-corrected chi connectivity index (χ3v) is 6.00. The fraction of sp³-hybridized carbons (Fsp3) is 0.200. The van der Waals surface area contributed by atoms with E-state index in [1.54, 1.807) is 6.33 Å². The maximum Gasteiger partial charge on any atom is 0.125 e. The van der Waals surface area contributed by atoms with Crippen molar-refractivity contribution in [3.05, 3.63) is 120 Å². The van der Waals surface area contributed by atoms with Gasteiger partial charge in [-0.1, -0.05) is 60.7 Å². The molecule has 0 spiro atoms. The first-order chi connectivity index (χ1) is 14.3. The Morgan fingerprint density at radius 1 is 0.586 bits per heavy atom.